The molecule has 0 spiro atoms. The Morgan fingerprint density at radius 3 is 2.22 bits per heavy atom. The number of fused-ring (bicyclic) bond motifs is 2. The van der Waals surface area contributed by atoms with E-state index in [0.29, 0.717) is 60.9 Å². The van der Waals surface area contributed by atoms with Crippen LogP contribution in [0.25, 0.3) is 32.9 Å². The number of carbonyl (C=O) groups excluding carboxylic acids is 1. The summed E-state index contributed by atoms with van der Waals surface area (Å²) in [4.78, 5) is 30.1. The van der Waals surface area contributed by atoms with Gasteiger partial charge in [0.15, 0.2) is 18.4 Å². The molecule has 4 heterocycles. The molecule has 2 saturated heterocycles. The van der Waals surface area contributed by atoms with Gasteiger partial charge in [0.05, 0.1) is 17.3 Å². The van der Waals surface area contributed by atoms with E-state index in [9.17, 15) is 9.18 Å². The van der Waals surface area contributed by atoms with Crippen LogP contribution in [-0.4, -0.2) is 97.9 Å². The van der Waals surface area contributed by atoms with E-state index < -0.39 is 31.4 Å². The molecule has 2 fully saturated rings. The van der Waals surface area contributed by atoms with Crippen LogP contribution in [0.2, 0.25) is 16.6 Å². The van der Waals surface area contributed by atoms with Gasteiger partial charge in [0.25, 0.3) is 0 Å². The number of halogens is 3. The van der Waals surface area contributed by atoms with Crippen LogP contribution in [0.15, 0.2) is 42.4 Å². The van der Waals surface area contributed by atoms with Crippen LogP contribution in [0.3, 0.4) is 0 Å². The fraction of sp³-hybridized carbons (Fsp3) is 0.551. The van der Waals surface area contributed by atoms with Gasteiger partial charge in [0, 0.05) is 49.5 Å². The summed E-state index contributed by atoms with van der Waals surface area (Å²) in [6.45, 7) is 21.0. The molecule has 2 aromatic carbocycles. The quantitative estimate of drug-likeness (QED) is 0.0732. The largest absolute Gasteiger partial charge is 0.468 e. The molecule has 2 aliphatic heterocycles. The van der Waals surface area contributed by atoms with Crippen molar-refractivity contribution in [3.63, 3.8) is 0 Å². The number of anilines is 1. The second kappa shape index (κ2) is 20.9. The van der Waals surface area contributed by atoms with E-state index in [4.69, 9.17) is 28.9 Å². The van der Waals surface area contributed by atoms with Gasteiger partial charge in [-0.15, -0.1) is 5.54 Å². The fourth-order valence-electron chi connectivity index (χ4n) is 9.35. The molecule has 2 aromatic heterocycles. The Morgan fingerprint density at radius 2 is 1.58 bits per heavy atom. The molecule has 346 valence electrons. The Labute approximate surface area is 377 Å². The highest BCUT2D eigenvalue weighted by Crippen LogP contribution is 2.43. The molecule has 0 unspecified atom stereocenters. The summed E-state index contributed by atoms with van der Waals surface area (Å²) in [5.41, 5.74) is 4.16. The highest BCUT2D eigenvalue weighted by Gasteiger charge is 2.42. The van der Waals surface area contributed by atoms with Crippen molar-refractivity contribution in [2.75, 3.05) is 58.2 Å². The molecule has 0 bridgehead atoms. The average Bonchev–Trinajstić information content (AvgIpc) is 3.51. The van der Waals surface area contributed by atoms with Crippen LogP contribution in [0.5, 0.6) is 11.8 Å². The number of pyridine rings is 1. The zero-order valence-electron chi connectivity index (χ0n) is 39.2. The van der Waals surface area contributed by atoms with Gasteiger partial charge < -0.3 is 18.9 Å². The lowest BCUT2D eigenvalue weighted by Crippen LogP contribution is -2.49. The molecule has 64 heavy (non-hydrogen) atoms. The highest BCUT2D eigenvalue weighted by molar-refractivity contribution is 6.90. The lowest BCUT2D eigenvalue weighted by Gasteiger charge is -2.38. The Balaban J connectivity index is 1.59. The maximum atomic E-state index is 17.9. The first-order valence-corrected chi connectivity index (χ1v) is 24.9. The molecule has 1 amide bonds. The first-order valence-electron chi connectivity index (χ1n) is 22.7. The maximum absolute atomic E-state index is 17.9. The number of methoxy groups -OCH3 is 1. The lowest BCUT2D eigenvalue weighted by molar-refractivity contribution is 0.0232. The second-order valence-electron chi connectivity index (χ2n) is 18.9. The normalized spacial score (nSPS) is 15.8. The van der Waals surface area contributed by atoms with Crippen molar-refractivity contribution in [3.05, 3.63) is 59.6 Å². The number of hydrogen-bond donors (Lipinski definition) is 0. The van der Waals surface area contributed by atoms with Crippen LogP contribution in [0, 0.1) is 23.1 Å². The number of ether oxygens (including phenoxy) is 4. The summed E-state index contributed by atoms with van der Waals surface area (Å²) in [6.07, 6.45) is 6.83. The third kappa shape index (κ3) is 10.8. The van der Waals surface area contributed by atoms with E-state index in [1.54, 1.807) is 44.0 Å². The zero-order valence-corrected chi connectivity index (χ0v) is 40.2. The second-order valence-corrected chi connectivity index (χ2v) is 24.5. The summed E-state index contributed by atoms with van der Waals surface area (Å²) in [5, 5.41) is 4.27. The number of hydrogen-bond acceptors (Lipinski definition) is 10. The van der Waals surface area contributed by atoms with Gasteiger partial charge in [-0.05, 0) is 106 Å². The molecule has 6 rings (SSSR count). The molecule has 0 radical (unpaired) electrons. The first kappa shape index (κ1) is 48.5. The monoisotopic (exact) mass is 902 g/mol. The molecule has 2 aliphatic rings. The van der Waals surface area contributed by atoms with Crippen LogP contribution >= 0.6 is 0 Å². The van der Waals surface area contributed by atoms with Crippen molar-refractivity contribution in [2.24, 2.45) is 0 Å². The van der Waals surface area contributed by atoms with E-state index in [-0.39, 0.29) is 69.6 Å². The minimum Gasteiger partial charge on any atom is -0.468 e. The Kier molecular flexibility index (Phi) is 15.9. The third-order valence-electron chi connectivity index (χ3n) is 12.3. The number of hydrazine groups is 1. The molecule has 0 saturated carbocycles. The molecule has 0 N–H and O–H groups in total. The molecule has 15 heteroatoms. The average molecular weight is 903 g/mol. The van der Waals surface area contributed by atoms with Gasteiger partial charge in [-0.2, -0.15) is 9.97 Å². The standard InChI is InChI=1S/C49H65F3N6O5Si/c1-32(2)64(33(3)4,34(5)6)24-19-38-41(51)18-17-36-25-37(62-31-60-10)26-39(42(36)38)44-43(52)45-40(28-53-44)46(57-22-15-12-16-23-58(57)48(59)63-49(7,8)9)55-47(54-45)61-30-35(27-50)29-56-20-13-11-14-21-56/h17-18,25-28,32-34H,11-16,20-23,29-31H2,1-10H3/b35-27-. The SMILES string of the molecule is COCOc1cc(-c2ncc3c(N4CCCCCN4C(=O)OC(C)(C)C)nc(OC/C(=C\F)CN4CCCCC4)nc3c2F)c2c(C#C[Si](C(C)C)(C(C)C)C(C)C)c(F)ccc2c1. The van der Waals surface area contributed by atoms with Crippen molar-refractivity contribution >= 4 is 41.7 Å². The fourth-order valence-corrected chi connectivity index (χ4v) is 14.6. The number of benzene rings is 2. The highest BCUT2D eigenvalue weighted by atomic mass is 28.3. The van der Waals surface area contributed by atoms with E-state index in [1.165, 1.54) is 24.4 Å². The summed E-state index contributed by atoms with van der Waals surface area (Å²) < 4.78 is 71.7. The van der Waals surface area contributed by atoms with Crippen LogP contribution in [-0.2, 0) is 9.47 Å². The molecular formula is C49H65F3N6O5Si. The van der Waals surface area contributed by atoms with Gasteiger partial charge in [-0.1, -0.05) is 60.0 Å². The minimum absolute atomic E-state index is 0.0912. The Morgan fingerprint density at radius 1 is 0.906 bits per heavy atom. The summed E-state index contributed by atoms with van der Waals surface area (Å²) in [6, 6.07) is 6.12. The van der Waals surface area contributed by atoms with Crippen molar-refractivity contribution in [1.82, 2.24) is 24.9 Å². The van der Waals surface area contributed by atoms with Gasteiger partial charge in [0.2, 0.25) is 0 Å². The number of aromatic nitrogens is 3. The van der Waals surface area contributed by atoms with E-state index >= 15 is 8.78 Å². The maximum Gasteiger partial charge on any atom is 0.429 e. The van der Waals surface area contributed by atoms with Gasteiger partial charge >= 0.3 is 12.1 Å². The van der Waals surface area contributed by atoms with E-state index in [1.807, 2.05) is 0 Å². The van der Waals surface area contributed by atoms with Crippen molar-refractivity contribution in [2.45, 2.75) is 123 Å². The number of rotatable bonds is 13. The summed E-state index contributed by atoms with van der Waals surface area (Å²) in [7, 11) is -0.851. The minimum atomic E-state index is -2.35. The van der Waals surface area contributed by atoms with E-state index in [2.05, 4.69) is 62.9 Å². The van der Waals surface area contributed by atoms with E-state index in [0.717, 1.165) is 38.8 Å². The number of piperidine rings is 1. The van der Waals surface area contributed by atoms with Crippen LogP contribution < -0.4 is 14.5 Å². The predicted octanol–water partition coefficient (Wildman–Crippen LogP) is 11.5. The summed E-state index contributed by atoms with van der Waals surface area (Å²) in [5.74, 6) is 2.44. The third-order valence-corrected chi connectivity index (χ3v) is 18.6. The topological polar surface area (TPSA) is 102 Å². The predicted molar refractivity (Wildman–Crippen MR) is 250 cm³/mol. The van der Waals surface area contributed by atoms with Gasteiger partial charge in [-0.25, -0.2) is 23.0 Å². The number of amides is 1. The zero-order chi connectivity index (χ0) is 46.3. The van der Waals surface area contributed by atoms with Gasteiger partial charge in [0.1, 0.15) is 43.1 Å². The summed E-state index contributed by atoms with van der Waals surface area (Å²) >= 11 is 0. The first-order chi connectivity index (χ1) is 30.5. The van der Waals surface area contributed by atoms with Gasteiger partial charge in [-0.3, -0.25) is 14.9 Å². The van der Waals surface area contributed by atoms with Crippen molar-refractivity contribution in [1.29, 1.82) is 0 Å². The molecule has 11 nitrogen and oxygen atoms in total. The smallest absolute Gasteiger partial charge is 0.429 e. The number of nitrogens with zero attached hydrogens (tertiary/aromatic N) is 6. The molecular weight excluding hydrogens is 838 g/mol. The Hall–Kier alpha value is -4.91. The van der Waals surface area contributed by atoms with Crippen molar-refractivity contribution in [3.8, 4) is 34.5 Å². The number of likely N-dealkylation sites (tertiary alicyclic amines) is 1. The molecule has 4 aromatic rings. The Bertz CT molecular complexity index is 2370. The van der Waals surface area contributed by atoms with Crippen LogP contribution in [0.4, 0.5) is 23.8 Å². The molecule has 0 atom stereocenters. The molecule has 0 aliphatic carbocycles. The number of carbonyl (C=O) groups is 1. The van der Waals surface area contributed by atoms with Crippen molar-refractivity contribution < 1.29 is 36.9 Å². The lowest BCUT2D eigenvalue weighted by atomic mass is 9.95. The van der Waals surface area contributed by atoms with Crippen LogP contribution in [0.1, 0.15) is 106 Å².